The largest absolute Gasteiger partial charge is 0.462 e. The number of hydrogen-bond donors (Lipinski definition) is 0. The Morgan fingerprint density at radius 1 is 1.22 bits per heavy atom. The van der Waals surface area contributed by atoms with Gasteiger partial charge in [0.25, 0.3) is 0 Å². The first-order chi connectivity index (χ1) is 11.0. The zero-order valence-electron chi connectivity index (χ0n) is 14.3. The fraction of sp³-hybridized carbons (Fsp3) is 0.650. The van der Waals surface area contributed by atoms with E-state index in [1.807, 2.05) is 24.3 Å². The molecule has 2 aliphatic rings. The Kier molecular flexibility index (Phi) is 5.01. The minimum Gasteiger partial charge on any atom is -0.462 e. The van der Waals surface area contributed by atoms with Crippen LogP contribution in [-0.2, 0) is 9.53 Å². The average molecular weight is 335 g/mol. The molecule has 0 heterocycles. The second-order valence-corrected chi connectivity index (χ2v) is 8.18. The van der Waals surface area contributed by atoms with E-state index < -0.39 is 0 Å². The first-order valence-corrected chi connectivity index (χ1v) is 9.30. The van der Waals surface area contributed by atoms with Gasteiger partial charge in [-0.15, -0.1) is 0 Å². The molecule has 0 bridgehead atoms. The van der Waals surface area contributed by atoms with E-state index in [0.29, 0.717) is 17.8 Å². The monoisotopic (exact) mass is 334 g/mol. The zero-order chi connectivity index (χ0) is 16.6. The molecule has 0 aromatic heterocycles. The van der Waals surface area contributed by atoms with Crippen molar-refractivity contribution in [3.8, 4) is 0 Å². The Morgan fingerprint density at radius 3 is 2.65 bits per heavy atom. The summed E-state index contributed by atoms with van der Waals surface area (Å²) in [5.41, 5.74) is 1.09. The maximum absolute atomic E-state index is 12.6. The fourth-order valence-electron chi connectivity index (χ4n) is 4.06. The summed E-state index contributed by atoms with van der Waals surface area (Å²) in [5.74, 6) is 1.96. The minimum atomic E-state index is -0.0142. The molecule has 0 saturated heterocycles. The van der Waals surface area contributed by atoms with E-state index in [0.717, 1.165) is 23.4 Å². The van der Waals surface area contributed by atoms with Gasteiger partial charge in [-0.05, 0) is 54.6 Å². The highest BCUT2D eigenvalue weighted by Gasteiger charge is 2.47. The van der Waals surface area contributed by atoms with Crippen molar-refractivity contribution in [1.82, 2.24) is 0 Å². The van der Waals surface area contributed by atoms with Crippen LogP contribution in [0, 0.1) is 23.7 Å². The highest BCUT2D eigenvalue weighted by atomic mass is 35.5. The van der Waals surface area contributed by atoms with E-state index in [-0.39, 0.29) is 23.9 Å². The van der Waals surface area contributed by atoms with Gasteiger partial charge in [-0.2, -0.15) is 0 Å². The molecule has 2 aliphatic carbocycles. The van der Waals surface area contributed by atoms with Crippen molar-refractivity contribution in [3.05, 3.63) is 34.9 Å². The van der Waals surface area contributed by atoms with Gasteiger partial charge in [0, 0.05) is 5.02 Å². The molecular formula is C20H27ClO2. The zero-order valence-corrected chi connectivity index (χ0v) is 15.1. The van der Waals surface area contributed by atoms with Crippen molar-refractivity contribution in [1.29, 1.82) is 0 Å². The summed E-state index contributed by atoms with van der Waals surface area (Å²) in [7, 11) is 0. The third-order valence-electron chi connectivity index (χ3n) is 5.63. The molecule has 126 valence electrons. The number of hydrogen-bond acceptors (Lipinski definition) is 2. The van der Waals surface area contributed by atoms with Crippen LogP contribution in [0.15, 0.2) is 24.3 Å². The van der Waals surface area contributed by atoms with Crippen molar-refractivity contribution in [2.24, 2.45) is 23.7 Å². The molecule has 2 nitrogen and oxygen atoms in total. The van der Waals surface area contributed by atoms with Gasteiger partial charge in [0.2, 0.25) is 0 Å². The second kappa shape index (κ2) is 6.84. The predicted molar refractivity (Wildman–Crippen MR) is 93.5 cm³/mol. The quantitative estimate of drug-likeness (QED) is 0.684. The molecule has 0 radical (unpaired) electrons. The molecule has 0 aliphatic heterocycles. The first-order valence-electron chi connectivity index (χ1n) is 8.92. The molecule has 0 spiro atoms. The van der Waals surface area contributed by atoms with Crippen LogP contribution in [0.3, 0.4) is 0 Å². The van der Waals surface area contributed by atoms with Crippen molar-refractivity contribution < 1.29 is 9.53 Å². The maximum atomic E-state index is 12.6. The van der Waals surface area contributed by atoms with Crippen LogP contribution in [0.4, 0.5) is 0 Å². The molecule has 1 aromatic rings. The lowest BCUT2D eigenvalue weighted by Crippen LogP contribution is -2.36. The van der Waals surface area contributed by atoms with Crippen LogP contribution in [0.5, 0.6) is 0 Å². The Bertz CT molecular complexity index is 569. The Morgan fingerprint density at radius 2 is 1.96 bits per heavy atom. The molecule has 0 amide bonds. The van der Waals surface area contributed by atoms with Crippen LogP contribution in [0.25, 0.3) is 0 Å². The van der Waals surface area contributed by atoms with Crippen LogP contribution < -0.4 is 0 Å². The van der Waals surface area contributed by atoms with Gasteiger partial charge < -0.3 is 4.74 Å². The van der Waals surface area contributed by atoms with Crippen molar-refractivity contribution in [2.75, 3.05) is 0 Å². The van der Waals surface area contributed by atoms with Crippen molar-refractivity contribution in [2.45, 2.75) is 58.5 Å². The van der Waals surface area contributed by atoms with Gasteiger partial charge in [0.05, 0.1) is 5.92 Å². The van der Waals surface area contributed by atoms with E-state index in [4.69, 9.17) is 16.3 Å². The molecule has 0 unspecified atom stereocenters. The number of halogens is 1. The van der Waals surface area contributed by atoms with E-state index >= 15 is 0 Å². The number of rotatable bonds is 4. The highest BCUT2D eigenvalue weighted by molar-refractivity contribution is 6.31. The summed E-state index contributed by atoms with van der Waals surface area (Å²) in [6.45, 7) is 6.75. The van der Waals surface area contributed by atoms with Crippen molar-refractivity contribution >= 4 is 17.6 Å². The van der Waals surface area contributed by atoms with Crippen LogP contribution in [0.2, 0.25) is 5.02 Å². The van der Waals surface area contributed by atoms with Gasteiger partial charge in [0.1, 0.15) is 6.10 Å². The number of carbonyl (C=O) groups excluding carboxylic acids is 1. The van der Waals surface area contributed by atoms with Gasteiger partial charge in [0.15, 0.2) is 0 Å². The Balaban J connectivity index is 1.62. The molecule has 3 heteroatoms. The summed E-state index contributed by atoms with van der Waals surface area (Å²) in [6.07, 6.45) is 4.41. The summed E-state index contributed by atoms with van der Waals surface area (Å²) >= 11 is 6.25. The van der Waals surface area contributed by atoms with E-state index in [9.17, 15) is 4.79 Å². The van der Waals surface area contributed by atoms with E-state index in [1.54, 1.807) is 0 Å². The topological polar surface area (TPSA) is 26.3 Å². The lowest BCUT2D eigenvalue weighted by Gasteiger charge is -2.36. The Labute approximate surface area is 144 Å². The van der Waals surface area contributed by atoms with Crippen molar-refractivity contribution in [3.63, 3.8) is 0 Å². The molecule has 1 aromatic carbocycles. The lowest BCUT2D eigenvalue weighted by atomic mass is 9.75. The molecule has 23 heavy (non-hydrogen) atoms. The number of ether oxygens (including phenoxy) is 1. The fourth-order valence-corrected chi connectivity index (χ4v) is 4.34. The van der Waals surface area contributed by atoms with Gasteiger partial charge in [-0.25, -0.2) is 0 Å². The van der Waals surface area contributed by atoms with E-state index in [1.165, 1.54) is 12.8 Å². The molecule has 5 atom stereocenters. The molecule has 2 fully saturated rings. The average Bonchev–Trinajstić information content (AvgIpc) is 3.28. The standard InChI is InChI=1S/C20H27ClO2/c1-12(2)14-9-8-13(3)10-19(14)23-20(22)17-11-16(17)15-6-4-5-7-18(15)21/h4-7,12-14,16-17,19H,8-11H2,1-3H3/t13-,14+,16-,17-,19-/m0/s1. The molecule has 0 N–H and O–H groups in total. The number of benzene rings is 1. The number of carbonyl (C=O) groups is 1. The smallest absolute Gasteiger partial charge is 0.309 e. The minimum absolute atomic E-state index is 0.0000510. The molecular weight excluding hydrogens is 308 g/mol. The van der Waals surface area contributed by atoms with Gasteiger partial charge in [-0.3, -0.25) is 4.79 Å². The van der Waals surface area contributed by atoms with Gasteiger partial charge in [-0.1, -0.05) is 57.0 Å². The maximum Gasteiger partial charge on any atom is 0.309 e. The van der Waals surface area contributed by atoms with Crippen LogP contribution >= 0.6 is 11.6 Å². The summed E-state index contributed by atoms with van der Waals surface area (Å²) in [4.78, 5) is 12.6. The summed E-state index contributed by atoms with van der Waals surface area (Å²) in [6, 6.07) is 7.84. The van der Waals surface area contributed by atoms with Gasteiger partial charge >= 0.3 is 5.97 Å². The normalized spacial score (nSPS) is 33.5. The number of esters is 1. The third kappa shape index (κ3) is 3.74. The highest BCUT2D eigenvalue weighted by Crippen LogP contribution is 2.50. The summed E-state index contributed by atoms with van der Waals surface area (Å²) in [5, 5.41) is 0.763. The van der Waals surface area contributed by atoms with Crippen LogP contribution in [0.1, 0.15) is 57.9 Å². The lowest BCUT2D eigenvalue weighted by molar-refractivity contribution is -0.157. The van der Waals surface area contributed by atoms with Crippen LogP contribution in [-0.4, -0.2) is 12.1 Å². The molecule has 2 saturated carbocycles. The SMILES string of the molecule is CC(C)[C@H]1CC[C@H](C)C[C@@H]1OC(=O)[C@H]1C[C@H]1c1ccccc1Cl. The van der Waals surface area contributed by atoms with E-state index in [2.05, 4.69) is 20.8 Å². The third-order valence-corrected chi connectivity index (χ3v) is 5.97. The first kappa shape index (κ1) is 16.8. The Hall–Kier alpha value is -1.02. The predicted octanol–water partition coefficient (Wildman–Crippen LogP) is 5.45. The molecule has 3 rings (SSSR count). The summed E-state index contributed by atoms with van der Waals surface area (Å²) < 4.78 is 5.97. The second-order valence-electron chi connectivity index (χ2n) is 7.77.